The van der Waals surface area contributed by atoms with E-state index in [1.165, 1.54) is 17.8 Å². The first-order valence-corrected chi connectivity index (χ1v) is 8.22. The van der Waals surface area contributed by atoms with Crippen molar-refractivity contribution in [1.29, 1.82) is 0 Å². The third-order valence-corrected chi connectivity index (χ3v) is 4.12. The molecule has 0 spiro atoms. The Hall–Kier alpha value is -1.89. The second-order valence-corrected chi connectivity index (χ2v) is 5.76. The van der Waals surface area contributed by atoms with Gasteiger partial charge in [0, 0.05) is 6.04 Å². The number of H-pyrrole nitrogens is 1. The number of nitrogens with zero attached hydrogens (tertiary/aromatic N) is 2. The lowest BCUT2D eigenvalue weighted by Gasteiger charge is -2.13. The van der Waals surface area contributed by atoms with E-state index in [2.05, 4.69) is 20.5 Å². The molecule has 0 atom stereocenters. The average molecular weight is 322 g/mol. The van der Waals surface area contributed by atoms with Gasteiger partial charge in [0.15, 0.2) is 5.82 Å². The number of hydrogen-bond donors (Lipinski definition) is 2. The molecule has 0 fully saturated rings. The molecule has 0 aliphatic heterocycles. The number of aromatic nitrogens is 3. The summed E-state index contributed by atoms with van der Waals surface area (Å²) in [7, 11) is 0. The fourth-order valence-electron chi connectivity index (χ4n) is 1.98. The molecule has 1 aromatic heterocycles. The molecule has 0 unspecified atom stereocenters. The Morgan fingerprint density at radius 2 is 2.09 bits per heavy atom. The normalized spacial score (nSPS) is 10.9. The van der Waals surface area contributed by atoms with Crippen LogP contribution in [-0.2, 0) is 4.79 Å². The molecule has 0 bridgehead atoms. The third kappa shape index (κ3) is 4.30. The van der Waals surface area contributed by atoms with Crippen molar-refractivity contribution in [1.82, 2.24) is 20.5 Å². The molecule has 2 rings (SSSR count). The predicted octanol–water partition coefficient (Wildman–Crippen LogP) is 3.01. The molecule has 1 heterocycles. The van der Waals surface area contributed by atoms with Crippen LogP contribution in [0, 0.1) is 5.82 Å². The molecule has 7 heteroatoms. The van der Waals surface area contributed by atoms with E-state index < -0.39 is 0 Å². The molecule has 0 aliphatic carbocycles. The quantitative estimate of drug-likeness (QED) is 0.769. The number of carbonyl (C=O) groups is 1. The Morgan fingerprint density at radius 3 is 2.77 bits per heavy atom. The van der Waals surface area contributed by atoms with Gasteiger partial charge in [-0.15, -0.1) is 5.10 Å². The van der Waals surface area contributed by atoms with Crippen molar-refractivity contribution in [2.75, 3.05) is 5.75 Å². The van der Waals surface area contributed by atoms with Gasteiger partial charge in [-0.05, 0) is 25.0 Å². The minimum atomic E-state index is -0.360. The largest absolute Gasteiger partial charge is 0.353 e. The first-order valence-electron chi connectivity index (χ1n) is 7.23. The van der Waals surface area contributed by atoms with Gasteiger partial charge in [0.2, 0.25) is 11.1 Å². The van der Waals surface area contributed by atoms with Gasteiger partial charge in [-0.3, -0.25) is 9.89 Å². The van der Waals surface area contributed by atoms with Crippen LogP contribution in [0.1, 0.15) is 26.7 Å². The smallest absolute Gasteiger partial charge is 0.230 e. The maximum absolute atomic E-state index is 13.7. The second kappa shape index (κ2) is 7.93. The summed E-state index contributed by atoms with van der Waals surface area (Å²) in [4.78, 5) is 16.0. The highest BCUT2D eigenvalue weighted by atomic mass is 32.2. The summed E-state index contributed by atoms with van der Waals surface area (Å²) in [6.45, 7) is 4.08. The van der Waals surface area contributed by atoms with Gasteiger partial charge in [0.1, 0.15) is 5.82 Å². The minimum absolute atomic E-state index is 0.0454. The lowest BCUT2D eigenvalue weighted by Crippen LogP contribution is -2.35. The van der Waals surface area contributed by atoms with Crippen LogP contribution in [0.25, 0.3) is 11.4 Å². The van der Waals surface area contributed by atoms with Gasteiger partial charge in [0.25, 0.3) is 0 Å². The molecule has 2 N–H and O–H groups in total. The van der Waals surface area contributed by atoms with Crippen molar-refractivity contribution in [2.24, 2.45) is 0 Å². The lowest BCUT2D eigenvalue weighted by molar-refractivity contribution is -0.119. The summed E-state index contributed by atoms with van der Waals surface area (Å²) < 4.78 is 13.7. The number of benzene rings is 1. The Labute approximate surface area is 133 Å². The van der Waals surface area contributed by atoms with Crippen molar-refractivity contribution >= 4 is 17.7 Å². The van der Waals surface area contributed by atoms with Gasteiger partial charge in [0.05, 0.1) is 11.3 Å². The molecule has 0 radical (unpaired) electrons. The van der Waals surface area contributed by atoms with Crippen LogP contribution in [0.3, 0.4) is 0 Å². The van der Waals surface area contributed by atoms with Gasteiger partial charge in [-0.1, -0.05) is 37.7 Å². The molecule has 118 valence electrons. The lowest BCUT2D eigenvalue weighted by atomic mass is 10.2. The standard InChI is InChI=1S/C15H19FN4OS/c1-3-10(4-2)17-13(21)9-22-15-18-14(19-20-15)11-7-5-6-8-12(11)16/h5-8,10H,3-4,9H2,1-2H3,(H,17,21)(H,18,19,20). The number of halogens is 1. The zero-order chi connectivity index (χ0) is 15.9. The van der Waals surface area contributed by atoms with E-state index in [0.29, 0.717) is 16.5 Å². The fraction of sp³-hybridized carbons (Fsp3) is 0.400. The maximum atomic E-state index is 13.7. The Balaban J connectivity index is 1.93. The zero-order valence-electron chi connectivity index (χ0n) is 12.6. The molecule has 0 saturated heterocycles. The Bertz CT molecular complexity index is 628. The summed E-state index contributed by atoms with van der Waals surface area (Å²) in [5, 5.41) is 10.1. The van der Waals surface area contributed by atoms with Crippen LogP contribution in [0.2, 0.25) is 0 Å². The van der Waals surface area contributed by atoms with Gasteiger partial charge < -0.3 is 5.32 Å². The highest BCUT2D eigenvalue weighted by Gasteiger charge is 2.13. The van der Waals surface area contributed by atoms with Gasteiger partial charge in [-0.2, -0.15) is 0 Å². The average Bonchev–Trinajstić information content (AvgIpc) is 2.99. The minimum Gasteiger partial charge on any atom is -0.353 e. The molecule has 2 aromatic rings. The van der Waals surface area contributed by atoms with E-state index in [1.54, 1.807) is 18.2 Å². The fourth-order valence-corrected chi connectivity index (χ4v) is 2.59. The van der Waals surface area contributed by atoms with Crippen LogP contribution < -0.4 is 5.32 Å². The number of hydrogen-bond acceptors (Lipinski definition) is 4. The van der Waals surface area contributed by atoms with E-state index in [0.717, 1.165) is 12.8 Å². The summed E-state index contributed by atoms with van der Waals surface area (Å²) in [6, 6.07) is 6.55. The van der Waals surface area contributed by atoms with Gasteiger partial charge >= 0.3 is 0 Å². The van der Waals surface area contributed by atoms with Gasteiger partial charge in [-0.25, -0.2) is 9.37 Å². The molecule has 22 heavy (non-hydrogen) atoms. The van der Waals surface area contributed by atoms with Crippen molar-refractivity contribution in [2.45, 2.75) is 37.9 Å². The highest BCUT2D eigenvalue weighted by molar-refractivity contribution is 7.99. The zero-order valence-corrected chi connectivity index (χ0v) is 13.4. The monoisotopic (exact) mass is 322 g/mol. The molecular formula is C15H19FN4OS. The van der Waals surface area contributed by atoms with Crippen LogP contribution in [0.4, 0.5) is 4.39 Å². The maximum Gasteiger partial charge on any atom is 0.230 e. The Morgan fingerprint density at radius 1 is 1.36 bits per heavy atom. The van der Waals surface area contributed by atoms with Crippen LogP contribution in [0.15, 0.2) is 29.4 Å². The van der Waals surface area contributed by atoms with Crippen molar-refractivity contribution in [3.63, 3.8) is 0 Å². The predicted molar refractivity (Wildman–Crippen MR) is 85.0 cm³/mol. The molecular weight excluding hydrogens is 303 g/mol. The third-order valence-electron chi connectivity index (χ3n) is 3.28. The molecule has 5 nitrogen and oxygen atoms in total. The topological polar surface area (TPSA) is 70.7 Å². The van der Waals surface area contributed by atoms with E-state index in [-0.39, 0.29) is 23.5 Å². The highest BCUT2D eigenvalue weighted by Crippen LogP contribution is 2.21. The van der Waals surface area contributed by atoms with Crippen molar-refractivity contribution in [3.05, 3.63) is 30.1 Å². The van der Waals surface area contributed by atoms with E-state index in [4.69, 9.17) is 0 Å². The number of aromatic amines is 1. The van der Waals surface area contributed by atoms with E-state index in [1.807, 2.05) is 13.8 Å². The number of thioether (sulfide) groups is 1. The van der Waals surface area contributed by atoms with Crippen LogP contribution >= 0.6 is 11.8 Å². The first-order chi connectivity index (χ1) is 10.6. The SMILES string of the molecule is CCC(CC)NC(=O)CSc1n[nH]c(-c2ccccc2F)n1. The number of nitrogens with one attached hydrogen (secondary N) is 2. The molecule has 0 saturated carbocycles. The summed E-state index contributed by atoms with van der Waals surface area (Å²) in [5.41, 5.74) is 0.364. The van der Waals surface area contributed by atoms with E-state index >= 15 is 0 Å². The summed E-state index contributed by atoms with van der Waals surface area (Å²) >= 11 is 1.22. The Kier molecular flexibility index (Phi) is 5.94. The van der Waals surface area contributed by atoms with Crippen molar-refractivity contribution in [3.8, 4) is 11.4 Å². The van der Waals surface area contributed by atoms with Crippen LogP contribution in [0.5, 0.6) is 0 Å². The number of rotatable bonds is 7. The second-order valence-electron chi connectivity index (χ2n) is 4.82. The molecule has 0 aliphatic rings. The van der Waals surface area contributed by atoms with Crippen LogP contribution in [-0.4, -0.2) is 32.9 Å². The summed E-state index contributed by atoms with van der Waals surface area (Å²) in [6.07, 6.45) is 1.82. The van der Waals surface area contributed by atoms with Crippen molar-refractivity contribution < 1.29 is 9.18 Å². The summed E-state index contributed by atoms with van der Waals surface area (Å²) in [5.74, 6) is 0.198. The van der Waals surface area contributed by atoms with E-state index in [9.17, 15) is 9.18 Å². The number of carbonyl (C=O) groups excluding carboxylic acids is 1. The molecule has 1 amide bonds. The number of amides is 1. The first kappa shape index (κ1) is 16.5. The molecule has 1 aromatic carbocycles.